The first kappa shape index (κ1) is 16.9. The fourth-order valence-electron chi connectivity index (χ4n) is 3.69. The molecule has 0 radical (unpaired) electrons. The number of aromatic nitrogens is 2. The summed E-state index contributed by atoms with van der Waals surface area (Å²) in [7, 11) is 3.32. The van der Waals surface area contributed by atoms with Crippen molar-refractivity contribution < 1.29 is 14.2 Å². The molecule has 1 fully saturated rings. The van der Waals surface area contributed by atoms with E-state index in [0.717, 1.165) is 55.5 Å². The SMILES string of the molecule is COc1cc2c(cc1OC)CN(c1cc(C3CCOC3)nc(N)n1)CC2. The van der Waals surface area contributed by atoms with E-state index >= 15 is 0 Å². The zero-order valence-corrected chi connectivity index (χ0v) is 15.2. The minimum atomic E-state index is 0.306. The summed E-state index contributed by atoms with van der Waals surface area (Å²) in [5, 5.41) is 0. The maximum atomic E-state index is 5.99. The van der Waals surface area contributed by atoms with Crippen molar-refractivity contribution >= 4 is 11.8 Å². The summed E-state index contributed by atoms with van der Waals surface area (Å²) in [5.74, 6) is 3.02. The van der Waals surface area contributed by atoms with Crippen LogP contribution in [0.15, 0.2) is 18.2 Å². The van der Waals surface area contributed by atoms with Gasteiger partial charge in [-0.25, -0.2) is 4.98 Å². The maximum Gasteiger partial charge on any atom is 0.222 e. The summed E-state index contributed by atoms with van der Waals surface area (Å²) in [6, 6.07) is 6.18. The van der Waals surface area contributed by atoms with Gasteiger partial charge in [0.25, 0.3) is 0 Å². The van der Waals surface area contributed by atoms with Gasteiger partial charge in [-0.1, -0.05) is 0 Å². The number of anilines is 2. The number of nitrogens with zero attached hydrogens (tertiary/aromatic N) is 3. The molecule has 3 heterocycles. The standard InChI is InChI=1S/C19H24N4O3/c1-24-16-7-12-3-5-23(10-14(12)8-17(16)25-2)18-9-15(21-19(20)22-18)13-4-6-26-11-13/h7-9,13H,3-6,10-11H2,1-2H3,(H2,20,21,22). The number of ether oxygens (including phenoxy) is 3. The van der Waals surface area contributed by atoms with E-state index in [1.54, 1.807) is 14.2 Å². The van der Waals surface area contributed by atoms with E-state index in [-0.39, 0.29) is 0 Å². The lowest BCUT2D eigenvalue weighted by Crippen LogP contribution is -2.31. The second-order valence-electron chi connectivity index (χ2n) is 6.72. The van der Waals surface area contributed by atoms with Gasteiger partial charge in [-0.2, -0.15) is 4.98 Å². The number of hydrogen-bond acceptors (Lipinski definition) is 7. The van der Waals surface area contributed by atoms with Gasteiger partial charge in [0.1, 0.15) is 5.82 Å². The fraction of sp³-hybridized carbons (Fsp3) is 0.474. The van der Waals surface area contributed by atoms with Crippen LogP contribution in [0.3, 0.4) is 0 Å². The molecule has 4 rings (SSSR count). The number of benzene rings is 1. The zero-order valence-electron chi connectivity index (χ0n) is 15.2. The quantitative estimate of drug-likeness (QED) is 0.898. The van der Waals surface area contributed by atoms with Gasteiger partial charge in [-0.3, -0.25) is 0 Å². The summed E-state index contributed by atoms with van der Waals surface area (Å²) in [5.41, 5.74) is 9.46. The highest BCUT2D eigenvalue weighted by Crippen LogP contribution is 2.35. The van der Waals surface area contributed by atoms with Gasteiger partial charge in [-0.05, 0) is 36.1 Å². The maximum absolute atomic E-state index is 5.99. The first-order valence-corrected chi connectivity index (χ1v) is 8.89. The Morgan fingerprint density at radius 3 is 2.58 bits per heavy atom. The Balaban J connectivity index is 1.62. The largest absolute Gasteiger partial charge is 0.493 e. The highest BCUT2D eigenvalue weighted by Gasteiger charge is 2.24. The van der Waals surface area contributed by atoms with Gasteiger partial charge in [0.05, 0.1) is 26.5 Å². The summed E-state index contributed by atoms with van der Waals surface area (Å²) in [4.78, 5) is 11.1. The third-order valence-corrected chi connectivity index (χ3v) is 5.14. The van der Waals surface area contributed by atoms with E-state index in [2.05, 4.69) is 33.1 Å². The minimum absolute atomic E-state index is 0.306. The van der Waals surface area contributed by atoms with Crippen LogP contribution in [0, 0.1) is 0 Å². The average molecular weight is 356 g/mol. The van der Waals surface area contributed by atoms with Crippen LogP contribution in [-0.2, 0) is 17.7 Å². The Labute approximate surface area is 153 Å². The lowest BCUT2D eigenvalue weighted by Gasteiger charge is -2.31. The molecule has 7 nitrogen and oxygen atoms in total. The molecule has 1 atom stereocenters. The Hall–Kier alpha value is -2.54. The third-order valence-electron chi connectivity index (χ3n) is 5.14. The Morgan fingerprint density at radius 2 is 1.88 bits per heavy atom. The number of rotatable bonds is 4. The van der Waals surface area contributed by atoms with Gasteiger partial charge in [-0.15, -0.1) is 0 Å². The molecule has 0 aliphatic carbocycles. The fourth-order valence-corrected chi connectivity index (χ4v) is 3.69. The molecule has 0 saturated carbocycles. The average Bonchev–Trinajstić information content (AvgIpc) is 3.20. The van der Waals surface area contributed by atoms with Crippen LogP contribution in [0.1, 0.15) is 29.2 Å². The molecule has 7 heteroatoms. The van der Waals surface area contributed by atoms with E-state index < -0.39 is 0 Å². The Kier molecular flexibility index (Phi) is 4.55. The van der Waals surface area contributed by atoms with Crippen molar-refractivity contribution in [2.45, 2.75) is 25.3 Å². The number of nitrogens with two attached hydrogens (primary N) is 1. The molecule has 1 unspecified atom stereocenters. The summed E-state index contributed by atoms with van der Waals surface area (Å²) < 4.78 is 16.4. The normalized spacial score (nSPS) is 19.3. The molecule has 0 spiro atoms. The first-order chi connectivity index (χ1) is 12.7. The van der Waals surface area contributed by atoms with E-state index in [1.165, 1.54) is 11.1 Å². The monoisotopic (exact) mass is 356 g/mol. The molecule has 1 aromatic carbocycles. The van der Waals surface area contributed by atoms with Gasteiger partial charge < -0.3 is 24.8 Å². The predicted molar refractivity (Wildman–Crippen MR) is 98.9 cm³/mol. The van der Waals surface area contributed by atoms with Crippen LogP contribution in [0.2, 0.25) is 0 Å². The van der Waals surface area contributed by atoms with E-state index in [9.17, 15) is 0 Å². The topological polar surface area (TPSA) is 82.7 Å². The summed E-state index contributed by atoms with van der Waals surface area (Å²) in [6.45, 7) is 3.12. The van der Waals surface area contributed by atoms with E-state index in [0.29, 0.717) is 18.5 Å². The van der Waals surface area contributed by atoms with Crippen LogP contribution in [0.4, 0.5) is 11.8 Å². The van der Waals surface area contributed by atoms with Crippen LogP contribution >= 0.6 is 0 Å². The molecular formula is C19H24N4O3. The van der Waals surface area contributed by atoms with Gasteiger partial charge in [0.2, 0.25) is 5.95 Å². The molecule has 2 aliphatic heterocycles. The highest BCUT2D eigenvalue weighted by atomic mass is 16.5. The van der Waals surface area contributed by atoms with Crippen molar-refractivity contribution in [3.05, 3.63) is 35.0 Å². The number of nitrogen functional groups attached to an aromatic ring is 1. The molecule has 0 bridgehead atoms. The second kappa shape index (κ2) is 6.99. The van der Waals surface area contributed by atoms with Crippen molar-refractivity contribution in [2.75, 3.05) is 44.6 Å². The van der Waals surface area contributed by atoms with E-state index in [4.69, 9.17) is 19.9 Å². The van der Waals surface area contributed by atoms with Gasteiger partial charge in [0.15, 0.2) is 11.5 Å². The smallest absolute Gasteiger partial charge is 0.222 e. The van der Waals surface area contributed by atoms with Crippen molar-refractivity contribution in [1.82, 2.24) is 9.97 Å². The van der Waals surface area contributed by atoms with Crippen molar-refractivity contribution in [3.8, 4) is 11.5 Å². The van der Waals surface area contributed by atoms with E-state index in [1.807, 2.05) is 0 Å². The van der Waals surface area contributed by atoms with Gasteiger partial charge in [0, 0.05) is 31.7 Å². The van der Waals surface area contributed by atoms with Crippen molar-refractivity contribution in [3.63, 3.8) is 0 Å². The molecule has 138 valence electrons. The summed E-state index contributed by atoms with van der Waals surface area (Å²) in [6.07, 6.45) is 1.90. The van der Waals surface area contributed by atoms with Crippen LogP contribution < -0.4 is 20.1 Å². The Morgan fingerprint density at radius 1 is 1.12 bits per heavy atom. The van der Waals surface area contributed by atoms with Crippen molar-refractivity contribution in [1.29, 1.82) is 0 Å². The van der Waals surface area contributed by atoms with Crippen LogP contribution in [-0.4, -0.2) is 43.9 Å². The van der Waals surface area contributed by atoms with Gasteiger partial charge >= 0.3 is 0 Å². The number of methoxy groups -OCH3 is 2. The number of fused-ring (bicyclic) bond motifs is 1. The molecule has 26 heavy (non-hydrogen) atoms. The Bertz CT molecular complexity index is 806. The zero-order chi connectivity index (χ0) is 18.1. The predicted octanol–water partition coefficient (Wildman–Crippen LogP) is 2.14. The molecule has 1 saturated heterocycles. The molecule has 1 aromatic heterocycles. The summed E-state index contributed by atoms with van der Waals surface area (Å²) >= 11 is 0. The molecule has 2 aliphatic rings. The first-order valence-electron chi connectivity index (χ1n) is 8.89. The van der Waals surface area contributed by atoms with Crippen LogP contribution in [0.5, 0.6) is 11.5 Å². The van der Waals surface area contributed by atoms with Crippen LogP contribution in [0.25, 0.3) is 0 Å². The third kappa shape index (κ3) is 3.14. The second-order valence-corrected chi connectivity index (χ2v) is 6.72. The lowest BCUT2D eigenvalue weighted by molar-refractivity contribution is 0.193. The number of hydrogen-bond donors (Lipinski definition) is 1. The molecule has 2 N–H and O–H groups in total. The van der Waals surface area contributed by atoms with Crippen molar-refractivity contribution in [2.24, 2.45) is 0 Å². The highest BCUT2D eigenvalue weighted by molar-refractivity contribution is 5.53. The molecule has 0 amide bonds. The molecular weight excluding hydrogens is 332 g/mol. The lowest BCUT2D eigenvalue weighted by atomic mass is 9.98. The molecule has 2 aromatic rings. The minimum Gasteiger partial charge on any atom is -0.493 e.